The first kappa shape index (κ1) is 23.2. The zero-order chi connectivity index (χ0) is 25.8. The van der Waals surface area contributed by atoms with E-state index in [1.54, 1.807) is 0 Å². The summed E-state index contributed by atoms with van der Waals surface area (Å²) in [6.45, 7) is 2.14. The number of hydrogen-bond donors (Lipinski definition) is 0. The van der Waals surface area contributed by atoms with Crippen molar-refractivity contribution in [2.75, 3.05) is 0 Å². The highest BCUT2D eigenvalue weighted by Gasteiger charge is 2.32. The van der Waals surface area contributed by atoms with E-state index in [-0.39, 0.29) is 0 Å². The van der Waals surface area contributed by atoms with E-state index in [9.17, 15) is 5.26 Å². The number of nitrogens with zero attached hydrogens (tertiary/aromatic N) is 2. The van der Waals surface area contributed by atoms with Gasteiger partial charge >= 0.3 is 0 Å². The molecule has 1 unspecified atom stereocenters. The van der Waals surface area contributed by atoms with Crippen LogP contribution >= 0.6 is 0 Å². The van der Waals surface area contributed by atoms with Crippen LogP contribution in [0.25, 0.3) is 44.3 Å². The Morgan fingerprint density at radius 2 is 1.61 bits per heavy atom. The molecular weight excluding hydrogens is 464 g/mol. The molecule has 3 aromatic carbocycles. The van der Waals surface area contributed by atoms with Gasteiger partial charge in [0.2, 0.25) is 5.69 Å². The SMILES string of the molecule is Cc1ccc2c(oc3c(-c4cccc5c4CC(C4CCCCC4)C5)c(C#N)ccc32)c1-c1cccc[n+]1C. The highest BCUT2D eigenvalue weighted by Crippen LogP contribution is 2.46. The summed E-state index contributed by atoms with van der Waals surface area (Å²) in [4.78, 5) is 0. The minimum atomic E-state index is 0.689. The first-order valence-electron chi connectivity index (χ1n) is 14.1. The molecule has 1 atom stereocenters. The van der Waals surface area contributed by atoms with E-state index in [4.69, 9.17) is 4.42 Å². The van der Waals surface area contributed by atoms with E-state index < -0.39 is 0 Å². The van der Waals surface area contributed by atoms with Gasteiger partial charge < -0.3 is 4.42 Å². The highest BCUT2D eigenvalue weighted by molar-refractivity contribution is 6.14. The van der Waals surface area contributed by atoms with E-state index in [2.05, 4.69) is 79.3 Å². The fraction of sp³-hybridized carbons (Fsp3) is 0.314. The lowest BCUT2D eigenvalue weighted by Crippen LogP contribution is -2.30. The molecule has 5 aromatic rings. The largest absolute Gasteiger partial charge is 0.454 e. The van der Waals surface area contributed by atoms with Crippen LogP contribution in [0.4, 0.5) is 0 Å². The number of hydrogen-bond acceptors (Lipinski definition) is 2. The van der Waals surface area contributed by atoms with Crippen LogP contribution in [0.5, 0.6) is 0 Å². The number of fused-ring (bicyclic) bond motifs is 4. The zero-order valence-corrected chi connectivity index (χ0v) is 22.3. The van der Waals surface area contributed by atoms with E-state index in [1.165, 1.54) is 60.8 Å². The fourth-order valence-corrected chi connectivity index (χ4v) is 7.32. The number of rotatable bonds is 3. The minimum absolute atomic E-state index is 0.689. The van der Waals surface area contributed by atoms with Gasteiger partial charge in [0, 0.05) is 28.5 Å². The lowest BCUT2D eigenvalue weighted by molar-refractivity contribution is -0.660. The molecule has 0 N–H and O–H groups in total. The molecule has 2 heterocycles. The summed E-state index contributed by atoms with van der Waals surface area (Å²) in [5.74, 6) is 1.55. The van der Waals surface area contributed by atoms with Gasteiger partial charge in [-0.1, -0.05) is 62.4 Å². The number of aryl methyl sites for hydroxylation is 2. The Kier molecular flexibility index (Phi) is 5.59. The van der Waals surface area contributed by atoms with Gasteiger partial charge in [0.1, 0.15) is 18.2 Å². The lowest BCUT2D eigenvalue weighted by atomic mass is 9.78. The second-order valence-corrected chi connectivity index (χ2v) is 11.4. The molecule has 0 radical (unpaired) electrons. The van der Waals surface area contributed by atoms with Gasteiger partial charge in [-0.2, -0.15) is 5.26 Å². The molecular formula is C35H33N2O+. The summed E-state index contributed by atoms with van der Waals surface area (Å²) < 4.78 is 8.99. The van der Waals surface area contributed by atoms with E-state index >= 15 is 0 Å². The van der Waals surface area contributed by atoms with Crippen molar-refractivity contribution in [2.24, 2.45) is 18.9 Å². The van der Waals surface area contributed by atoms with Crippen molar-refractivity contribution in [2.45, 2.75) is 51.9 Å². The monoisotopic (exact) mass is 497 g/mol. The molecule has 3 nitrogen and oxygen atoms in total. The summed E-state index contributed by atoms with van der Waals surface area (Å²) in [5.41, 5.74) is 10.9. The van der Waals surface area contributed by atoms with Gasteiger partial charge in [-0.25, -0.2) is 4.57 Å². The van der Waals surface area contributed by atoms with Crippen molar-refractivity contribution in [3.05, 3.63) is 89.1 Å². The quantitative estimate of drug-likeness (QED) is 0.236. The Hall–Kier alpha value is -3.90. The smallest absolute Gasteiger partial charge is 0.216 e. The second kappa shape index (κ2) is 9.14. The molecule has 0 amide bonds. The summed E-state index contributed by atoms with van der Waals surface area (Å²) in [6, 6.07) is 23.9. The minimum Gasteiger partial charge on any atom is -0.454 e. The maximum absolute atomic E-state index is 10.2. The Balaban J connectivity index is 1.45. The molecule has 0 spiro atoms. The molecule has 2 aliphatic rings. The molecule has 1 saturated carbocycles. The maximum atomic E-state index is 10.2. The van der Waals surface area contributed by atoms with Gasteiger partial charge in [0.25, 0.3) is 0 Å². The first-order valence-corrected chi connectivity index (χ1v) is 14.1. The molecule has 3 heteroatoms. The van der Waals surface area contributed by atoms with Crippen LogP contribution in [0.2, 0.25) is 0 Å². The van der Waals surface area contributed by atoms with E-state index in [1.807, 2.05) is 12.1 Å². The maximum Gasteiger partial charge on any atom is 0.216 e. The molecule has 0 aliphatic heterocycles. The molecule has 1 fully saturated rings. The third-order valence-electron chi connectivity index (χ3n) is 9.26. The molecule has 38 heavy (non-hydrogen) atoms. The van der Waals surface area contributed by atoms with E-state index in [0.717, 1.165) is 57.0 Å². The van der Waals surface area contributed by atoms with Crippen LogP contribution in [0.3, 0.4) is 0 Å². The molecule has 2 aliphatic carbocycles. The van der Waals surface area contributed by atoms with Crippen molar-refractivity contribution in [1.29, 1.82) is 5.26 Å². The standard InChI is InChI=1S/C35H33N2O/c1-22-14-16-28-29-17-15-25(21-36)33(35(29)38-34(28)32(22)31-13-6-7-18-37(31)2)27-12-8-11-24-19-26(20-30(24)27)23-9-4-3-5-10-23/h6-8,11-18,23,26H,3-5,9-10,19-20H2,1-2H3/q+1. The Morgan fingerprint density at radius 3 is 2.39 bits per heavy atom. The average molecular weight is 498 g/mol. The summed E-state index contributed by atoms with van der Waals surface area (Å²) in [6.07, 6.45) is 11.2. The summed E-state index contributed by atoms with van der Waals surface area (Å²) in [7, 11) is 2.07. The molecule has 0 saturated heterocycles. The predicted octanol–water partition coefficient (Wildman–Crippen LogP) is 8.22. The van der Waals surface area contributed by atoms with Crippen molar-refractivity contribution < 1.29 is 8.98 Å². The number of pyridine rings is 1. The average Bonchev–Trinajstić information content (AvgIpc) is 3.55. The van der Waals surface area contributed by atoms with Gasteiger partial charge in [0.05, 0.1) is 17.2 Å². The topological polar surface area (TPSA) is 40.8 Å². The second-order valence-electron chi connectivity index (χ2n) is 11.4. The van der Waals surface area contributed by atoms with Crippen LogP contribution < -0.4 is 4.57 Å². The predicted molar refractivity (Wildman–Crippen MR) is 153 cm³/mol. The van der Waals surface area contributed by atoms with Crippen molar-refractivity contribution in [3.63, 3.8) is 0 Å². The zero-order valence-electron chi connectivity index (χ0n) is 22.3. The van der Waals surface area contributed by atoms with Crippen molar-refractivity contribution in [1.82, 2.24) is 0 Å². The van der Waals surface area contributed by atoms with Crippen LogP contribution in [0, 0.1) is 30.1 Å². The van der Waals surface area contributed by atoms with Crippen LogP contribution in [0.15, 0.2) is 71.3 Å². The van der Waals surface area contributed by atoms with Gasteiger partial charge in [0.15, 0.2) is 6.20 Å². The molecule has 2 aromatic heterocycles. The molecule has 0 bridgehead atoms. The lowest BCUT2D eigenvalue weighted by Gasteiger charge is -2.27. The first-order chi connectivity index (χ1) is 18.6. The summed E-state index contributed by atoms with van der Waals surface area (Å²) in [5, 5.41) is 12.4. The van der Waals surface area contributed by atoms with Gasteiger partial charge in [-0.15, -0.1) is 0 Å². The Labute approximate surface area is 224 Å². The number of aromatic nitrogens is 1. The van der Waals surface area contributed by atoms with Crippen LogP contribution in [0.1, 0.15) is 54.4 Å². The Bertz CT molecular complexity index is 1750. The highest BCUT2D eigenvalue weighted by atomic mass is 16.3. The normalized spacial score (nSPS) is 17.7. The van der Waals surface area contributed by atoms with Crippen molar-refractivity contribution >= 4 is 21.9 Å². The van der Waals surface area contributed by atoms with Crippen LogP contribution in [-0.2, 0) is 19.9 Å². The number of nitriles is 1. The van der Waals surface area contributed by atoms with Gasteiger partial charge in [-0.05, 0) is 72.1 Å². The summed E-state index contributed by atoms with van der Waals surface area (Å²) >= 11 is 0. The molecule has 7 rings (SSSR count). The molecule has 188 valence electrons. The Morgan fingerprint density at radius 1 is 0.816 bits per heavy atom. The van der Waals surface area contributed by atoms with E-state index in [0.29, 0.717) is 5.56 Å². The number of benzene rings is 3. The third kappa shape index (κ3) is 3.58. The fourth-order valence-electron chi connectivity index (χ4n) is 7.32. The van der Waals surface area contributed by atoms with Crippen LogP contribution in [-0.4, -0.2) is 0 Å². The third-order valence-corrected chi connectivity index (χ3v) is 9.26. The number of furan rings is 1. The van der Waals surface area contributed by atoms with Crippen molar-refractivity contribution in [3.8, 4) is 28.5 Å². The van der Waals surface area contributed by atoms with Gasteiger partial charge in [-0.3, -0.25) is 0 Å².